The Kier molecular flexibility index (Phi) is 4.53. The largest absolute Gasteiger partial charge is 0.335 e. The second-order valence-electron chi connectivity index (χ2n) is 4.16. The molecule has 98 valence electrons. The van der Waals surface area contributed by atoms with E-state index in [1.54, 1.807) is 17.2 Å². The Morgan fingerprint density at radius 3 is 2.63 bits per heavy atom. The van der Waals surface area contributed by atoms with Gasteiger partial charge >= 0.3 is 0 Å². The van der Waals surface area contributed by atoms with Crippen molar-refractivity contribution in [2.75, 3.05) is 6.54 Å². The number of amides is 1. The Morgan fingerprint density at radius 2 is 2.00 bits per heavy atom. The van der Waals surface area contributed by atoms with Crippen molar-refractivity contribution < 1.29 is 4.79 Å². The first-order chi connectivity index (χ1) is 9.22. The summed E-state index contributed by atoms with van der Waals surface area (Å²) in [7, 11) is 0. The van der Waals surface area contributed by atoms with Gasteiger partial charge in [0.25, 0.3) is 5.91 Å². The van der Waals surface area contributed by atoms with E-state index >= 15 is 0 Å². The average molecular weight is 275 g/mol. The molecule has 2 rings (SSSR count). The third-order valence-corrected chi connectivity index (χ3v) is 3.21. The molecule has 1 heterocycles. The molecule has 0 saturated heterocycles. The third-order valence-electron chi connectivity index (χ3n) is 2.88. The molecule has 0 radical (unpaired) electrons. The van der Waals surface area contributed by atoms with E-state index < -0.39 is 0 Å². The van der Waals surface area contributed by atoms with Crippen LogP contribution in [0.2, 0.25) is 5.02 Å². The fourth-order valence-corrected chi connectivity index (χ4v) is 2.02. The monoisotopic (exact) mass is 274 g/mol. The summed E-state index contributed by atoms with van der Waals surface area (Å²) in [6.45, 7) is 3.14. The molecule has 4 heteroatoms. The van der Waals surface area contributed by atoms with Gasteiger partial charge < -0.3 is 4.90 Å². The van der Waals surface area contributed by atoms with Gasteiger partial charge in [0, 0.05) is 25.5 Å². The molecular weight excluding hydrogens is 260 g/mol. The van der Waals surface area contributed by atoms with E-state index in [1.165, 1.54) is 6.20 Å². The van der Waals surface area contributed by atoms with Crippen molar-refractivity contribution in [3.63, 3.8) is 0 Å². The number of pyridine rings is 1. The van der Waals surface area contributed by atoms with Crippen LogP contribution in [0.4, 0.5) is 0 Å². The minimum absolute atomic E-state index is 0.0931. The van der Waals surface area contributed by atoms with Crippen LogP contribution in [0.15, 0.2) is 48.8 Å². The summed E-state index contributed by atoms with van der Waals surface area (Å²) in [5, 5.41) is 0.437. The molecule has 19 heavy (non-hydrogen) atoms. The standard InChI is InChI=1S/C15H15ClN2O/c1-2-18(11-12-6-4-3-5-7-12)15(19)13-10-17-9-8-14(13)16/h3-10H,2,11H2,1H3. The van der Waals surface area contributed by atoms with Gasteiger partial charge in [-0.05, 0) is 18.6 Å². The zero-order chi connectivity index (χ0) is 13.7. The van der Waals surface area contributed by atoms with Crippen LogP contribution in [-0.2, 0) is 6.54 Å². The van der Waals surface area contributed by atoms with Gasteiger partial charge in [-0.25, -0.2) is 0 Å². The lowest BCUT2D eigenvalue weighted by atomic mass is 10.2. The lowest BCUT2D eigenvalue weighted by Crippen LogP contribution is -2.30. The van der Waals surface area contributed by atoms with E-state index in [0.717, 1.165) is 5.56 Å². The van der Waals surface area contributed by atoms with E-state index in [4.69, 9.17) is 11.6 Å². The fraction of sp³-hybridized carbons (Fsp3) is 0.200. The van der Waals surface area contributed by atoms with Crippen LogP contribution in [0, 0.1) is 0 Å². The van der Waals surface area contributed by atoms with Crippen LogP contribution < -0.4 is 0 Å². The summed E-state index contributed by atoms with van der Waals surface area (Å²) in [5.41, 5.74) is 1.54. The number of rotatable bonds is 4. The molecule has 0 saturated carbocycles. The molecule has 1 aromatic carbocycles. The molecule has 0 unspecified atom stereocenters. The predicted octanol–water partition coefficient (Wildman–Crippen LogP) is 3.40. The SMILES string of the molecule is CCN(Cc1ccccc1)C(=O)c1cnccc1Cl. The van der Waals surface area contributed by atoms with Gasteiger partial charge in [0.1, 0.15) is 0 Å². The van der Waals surface area contributed by atoms with Crippen LogP contribution in [0.1, 0.15) is 22.8 Å². The maximum Gasteiger partial charge on any atom is 0.257 e. The van der Waals surface area contributed by atoms with Crippen molar-refractivity contribution in [2.45, 2.75) is 13.5 Å². The van der Waals surface area contributed by atoms with E-state index in [-0.39, 0.29) is 5.91 Å². The molecular formula is C15H15ClN2O. The van der Waals surface area contributed by atoms with E-state index in [9.17, 15) is 4.79 Å². The van der Waals surface area contributed by atoms with Gasteiger partial charge in [-0.2, -0.15) is 0 Å². The Hall–Kier alpha value is -1.87. The highest BCUT2D eigenvalue weighted by Gasteiger charge is 2.17. The summed E-state index contributed by atoms with van der Waals surface area (Å²) in [6.07, 6.45) is 3.09. The zero-order valence-electron chi connectivity index (χ0n) is 10.7. The van der Waals surface area contributed by atoms with Crippen molar-refractivity contribution in [1.29, 1.82) is 0 Å². The molecule has 0 spiro atoms. The molecule has 1 aromatic heterocycles. The summed E-state index contributed by atoms with van der Waals surface area (Å²) >= 11 is 6.04. The number of benzene rings is 1. The van der Waals surface area contributed by atoms with Gasteiger partial charge in [-0.1, -0.05) is 41.9 Å². The molecule has 0 aliphatic rings. The van der Waals surface area contributed by atoms with Crippen LogP contribution in [0.25, 0.3) is 0 Å². The first-order valence-electron chi connectivity index (χ1n) is 6.15. The van der Waals surface area contributed by atoms with Crippen LogP contribution in [0.3, 0.4) is 0 Å². The highest BCUT2D eigenvalue weighted by atomic mass is 35.5. The first-order valence-corrected chi connectivity index (χ1v) is 6.53. The topological polar surface area (TPSA) is 33.2 Å². The van der Waals surface area contributed by atoms with Crippen molar-refractivity contribution in [1.82, 2.24) is 9.88 Å². The Bertz CT molecular complexity index is 557. The summed E-state index contributed by atoms with van der Waals surface area (Å²) in [4.78, 5) is 18.1. The fourth-order valence-electron chi connectivity index (χ4n) is 1.84. The van der Waals surface area contributed by atoms with Crippen molar-refractivity contribution >= 4 is 17.5 Å². The van der Waals surface area contributed by atoms with Gasteiger partial charge in [0.2, 0.25) is 0 Å². The predicted molar refractivity (Wildman–Crippen MR) is 76.1 cm³/mol. The molecule has 0 fully saturated rings. The van der Waals surface area contributed by atoms with Crippen LogP contribution in [0.5, 0.6) is 0 Å². The Balaban J connectivity index is 2.18. The molecule has 0 aliphatic carbocycles. The minimum Gasteiger partial charge on any atom is -0.335 e. The number of nitrogens with zero attached hydrogens (tertiary/aromatic N) is 2. The number of carbonyl (C=O) groups excluding carboxylic acids is 1. The summed E-state index contributed by atoms with van der Waals surface area (Å²) in [6, 6.07) is 11.5. The van der Waals surface area contributed by atoms with Crippen molar-refractivity contribution in [3.8, 4) is 0 Å². The molecule has 1 amide bonds. The number of halogens is 1. The Labute approximate surface area is 117 Å². The molecule has 0 aliphatic heterocycles. The molecule has 0 atom stereocenters. The number of aromatic nitrogens is 1. The van der Waals surface area contributed by atoms with Gasteiger partial charge in [0.15, 0.2) is 0 Å². The van der Waals surface area contributed by atoms with E-state index in [1.807, 2.05) is 37.3 Å². The lowest BCUT2D eigenvalue weighted by Gasteiger charge is -2.21. The average Bonchev–Trinajstić information content (AvgIpc) is 2.46. The highest BCUT2D eigenvalue weighted by molar-refractivity contribution is 6.33. The maximum absolute atomic E-state index is 12.4. The summed E-state index contributed by atoms with van der Waals surface area (Å²) in [5.74, 6) is -0.0931. The normalized spacial score (nSPS) is 10.2. The lowest BCUT2D eigenvalue weighted by molar-refractivity contribution is 0.0752. The number of carbonyl (C=O) groups is 1. The van der Waals surface area contributed by atoms with Gasteiger partial charge in [0.05, 0.1) is 10.6 Å². The zero-order valence-corrected chi connectivity index (χ0v) is 11.5. The second kappa shape index (κ2) is 6.34. The Morgan fingerprint density at radius 1 is 1.26 bits per heavy atom. The van der Waals surface area contributed by atoms with Crippen molar-refractivity contribution in [3.05, 3.63) is 64.9 Å². The molecule has 0 N–H and O–H groups in total. The number of hydrogen-bond acceptors (Lipinski definition) is 2. The maximum atomic E-state index is 12.4. The second-order valence-corrected chi connectivity index (χ2v) is 4.57. The molecule has 0 bridgehead atoms. The van der Waals surface area contributed by atoms with E-state index in [2.05, 4.69) is 4.98 Å². The van der Waals surface area contributed by atoms with Crippen LogP contribution in [-0.4, -0.2) is 22.3 Å². The third kappa shape index (κ3) is 3.32. The van der Waals surface area contributed by atoms with Gasteiger partial charge in [-0.3, -0.25) is 9.78 Å². The highest BCUT2D eigenvalue weighted by Crippen LogP contribution is 2.17. The van der Waals surface area contributed by atoms with E-state index in [0.29, 0.717) is 23.7 Å². The van der Waals surface area contributed by atoms with Crippen LogP contribution >= 0.6 is 11.6 Å². The smallest absolute Gasteiger partial charge is 0.257 e. The quantitative estimate of drug-likeness (QED) is 0.856. The van der Waals surface area contributed by atoms with Crippen molar-refractivity contribution in [2.24, 2.45) is 0 Å². The summed E-state index contributed by atoms with van der Waals surface area (Å²) < 4.78 is 0. The molecule has 2 aromatic rings. The van der Waals surface area contributed by atoms with Gasteiger partial charge in [-0.15, -0.1) is 0 Å². The first kappa shape index (κ1) is 13.6. The minimum atomic E-state index is -0.0931. The molecule has 3 nitrogen and oxygen atoms in total. The number of hydrogen-bond donors (Lipinski definition) is 0.